The quantitative estimate of drug-likeness (QED) is 0.943. The third-order valence-corrected chi connectivity index (χ3v) is 4.34. The van der Waals surface area contributed by atoms with Crippen molar-refractivity contribution < 1.29 is 8.42 Å². The highest BCUT2D eigenvalue weighted by molar-refractivity contribution is 9.10. The van der Waals surface area contributed by atoms with Gasteiger partial charge in [-0.25, -0.2) is 13.4 Å². The first-order valence-corrected chi connectivity index (χ1v) is 7.47. The number of rotatable bonds is 3. The Hall–Kier alpha value is -1.40. The molecular formula is C12H11BrN2O2S. The molecular weight excluding hydrogens is 316 g/mol. The van der Waals surface area contributed by atoms with Gasteiger partial charge >= 0.3 is 0 Å². The minimum absolute atomic E-state index is 0.247. The van der Waals surface area contributed by atoms with Crippen LogP contribution in [0.15, 0.2) is 52.0 Å². The fraction of sp³-hybridized carbons (Fsp3) is 0.0833. The van der Waals surface area contributed by atoms with E-state index in [9.17, 15) is 8.42 Å². The summed E-state index contributed by atoms with van der Waals surface area (Å²) in [6, 6.07) is 10.1. The molecule has 94 valence electrons. The molecule has 0 radical (unpaired) electrons. The van der Waals surface area contributed by atoms with E-state index < -0.39 is 10.0 Å². The van der Waals surface area contributed by atoms with Crippen molar-refractivity contribution >= 4 is 31.8 Å². The Morgan fingerprint density at radius 3 is 2.61 bits per heavy atom. The van der Waals surface area contributed by atoms with Crippen LogP contribution < -0.4 is 4.72 Å². The van der Waals surface area contributed by atoms with Gasteiger partial charge in [0.2, 0.25) is 0 Å². The summed E-state index contributed by atoms with van der Waals surface area (Å²) < 4.78 is 27.6. The summed E-state index contributed by atoms with van der Waals surface area (Å²) in [6.45, 7) is 1.75. The maximum absolute atomic E-state index is 12.2. The summed E-state index contributed by atoms with van der Waals surface area (Å²) >= 11 is 3.30. The lowest BCUT2D eigenvalue weighted by Gasteiger charge is -2.09. The molecule has 0 bridgehead atoms. The Bertz CT molecular complexity index is 657. The number of nitrogens with one attached hydrogen (secondary N) is 1. The second kappa shape index (κ2) is 5.07. The van der Waals surface area contributed by atoms with Crippen LogP contribution in [0.4, 0.5) is 5.82 Å². The molecule has 2 rings (SSSR count). The van der Waals surface area contributed by atoms with Crippen molar-refractivity contribution in [1.29, 1.82) is 0 Å². The number of hydrogen-bond acceptors (Lipinski definition) is 3. The summed E-state index contributed by atoms with van der Waals surface area (Å²) in [4.78, 5) is 4.18. The molecule has 4 nitrogen and oxygen atoms in total. The Morgan fingerprint density at radius 1 is 1.22 bits per heavy atom. The van der Waals surface area contributed by atoms with Crippen LogP contribution >= 0.6 is 15.9 Å². The van der Waals surface area contributed by atoms with Gasteiger partial charge in [-0.1, -0.05) is 22.0 Å². The van der Waals surface area contributed by atoms with Crippen LogP contribution in [0.2, 0.25) is 0 Å². The number of pyridine rings is 1. The van der Waals surface area contributed by atoms with Gasteiger partial charge in [0.05, 0.1) is 4.90 Å². The average molecular weight is 327 g/mol. The van der Waals surface area contributed by atoms with Gasteiger partial charge in [0, 0.05) is 10.7 Å². The highest BCUT2D eigenvalue weighted by atomic mass is 79.9. The molecule has 1 aromatic carbocycles. The molecule has 0 atom stereocenters. The van der Waals surface area contributed by atoms with E-state index in [0.717, 1.165) is 4.47 Å². The number of aromatic nitrogens is 1. The maximum Gasteiger partial charge on any atom is 0.263 e. The molecule has 1 N–H and O–H groups in total. The Morgan fingerprint density at radius 2 is 2.00 bits per heavy atom. The van der Waals surface area contributed by atoms with Crippen molar-refractivity contribution in [3.05, 3.63) is 52.6 Å². The predicted octanol–water partition coefficient (Wildman–Crippen LogP) is 2.95. The SMILES string of the molecule is Cc1cc(Br)ccc1S(=O)(=O)Nc1ccccn1. The van der Waals surface area contributed by atoms with E-state index in [1.165, 1.54) is 6.20 Å². The minimum atomic E-state index is -3.59. The predicted molar refractivity (Wildman–Crippen MR) is 73.9 cm³/mol. The van der Waals surface area contributed by atoms with E-state index in [2.05, 4.69) is 25.6 Å². The zero-order chi connectivity index (χ0) is 13.2. The molecule has 18 heavy (non-hydrogen) atoms. The Labute approximate surface area is 114 Å². The average Bonchev–Trinajstić information content (AvgIpc) is 2.29. The van der Waals surface area contributed by atoms with Gasteiger partial charge in [-0.05, 0) is 42.8 Å². The lowest BCUT2D eigenvalue weighted by Crippen LogP contribution is -2.14. The van der Waals surface area contributed by atoms with Gasteiger partial charge in [0.25, 0.3) is 10.0 Å². The fourth-order valence-corrected chi connectivity index (χ4v) is 3.24. The lowest BCUT2D eigenvalue weighted by molar-refractivity contribution is 0.600. The van der Waals surface area contributed by atoms with Gasteiger partial charge < -0.3 is 0 Å². The molecule has 0 saturated carbocycles. The number of anilines is 1. The molecule has 1 aromatic heterocycles. The number of benzene rings is 1. The highest BCUT2D eigenvalue weighted by Gasteiger charge is 2.17. The van der Waals surface area contributed by atoms with Crippen LogP contribution in [0.1, 0.15) is 5.56 Å². The van der Waals surface area contributed by atoms with Crippen molar-refractivity contribution in [3.8, 4) is 0 Å². The van der Waals surface area contributed by atoms with E-state index in [0.29, 0.717) is 11.4 Å². The summed E-state index contributed by atoms with van der Waals surface area (Å²) in [6.07, 6.45) is 1.53. The second-order valence-corrected chi connectivity index (χ2v) is 6.30. The zero-order valence-electron chi connectivity index (χ0n) is 9.59. The lowest BCUT2D eigenvalue weighted by atomic mass is 10.2. The molecule has 0 aliphatic heterocycles. The van der Waals surface area contributed by atoms with Crippen LogP contribution in [0.5, 0.6) is 0 Å². The number of halogens is 1. The first-order valence-electron chi connectivity index (χ1n) is 5.19. The van der Waals surface area contributed by atoms with Crippen LogP contribution in [0.3, 0.4) is 0 Å². The third-order valence-electron chi connectivity index (χ3n) is 2.33. The Kier molecular flexibility index (Phi) is 3.68. The van der Waals surface area contributed by atoms with E-state index in [-0.39, 0.29) is 4.90 Å². The number of hydrogen-bond donors (Lipinski definition) is 1. The van der Waals surface area contributed by atoms with E-state index >= 15 is 0 Å². The van der Waals surface area contributed by atoms with Crippen molar-refractivity contribution in [2.24, 2.45) is 0 Å². The summed E-state index contributed by atoms with van der Waals surface area (Å²) in [5.41, 5.74) is 0.674. The van der Waals surface area contributed by atoms with Gasteiger partial charge in [0.15, 0.2) is 0 Å². The zero-order valence-corrected chi connectivity index (χ0v) is 12.0. The largest absolute Gasteiger partial charge is 0.263 e. The summed E-state index contributed by atoms with van der Waals surface area (Å²) in [7, 11) is -3.59. The number of nitrogens with zero attached hydrogens (tertiary/aromatic N) is 1. The molecule has 0 amide bonds. The first-order chi connectivity index (χ1) is 8.49. The maximum atomic E-state index is 12.2. The smallest absolute Gasteiger partial charge is 0.263 e. The molecule has 0 fully saturated rings. The molecule has 0 unspecified atom stereocenters. The van der Waals surface area contributed by atoms with Crippen molar-refractivity contribution in [2.45, 2.75) is 11.8 Å². The number of sulfonamides is 1. The molecule has 0 saturated heterocycles. The Balaban J connectivity index is 2.37. The van der Waals surface area contributed by atoms with Crippen molar-refractivity contribution in [3.63, 3.8) is 0 Å². The molecule has 6 heteroatoms. The molecule has 0 spiro atoms. The number of aryl methyl sites for hydroxylation is 1. The normalized spacial score (nSPS) is 11.2. The first kappa shape index (κ1) is 13.0. The van der Waals surface area contributed by atoms with Crippen LogP contribution in [-0.4, -0.2) is 13.4 Å². The van der Waals surface area contributed by atoms with Gasteiger partial charge in [-0.2, -0.15) is 0 Å². The van der Waals surface area contributed by atoms with Crippen LogP contribution in [-0.2, 0) is 10.0 Å². The van der Waals surface area contributed by atoms with Crippen LogP contribution in [0, 0.1) is 6.92 Å². The molecule has 0 aliphatic rings. The van der Waals surface area contributed by atoms with Crippen LogP contribution in [0.25, 0.3) is 0 Å². The van der Waals surface area contributed by atoms with Crippen molar-refractivity contribution in [2.75, 3.05) is 4.72 Å². The van der Waals surface area contributed by atoms with Gasteiger partial charge in [-0.3, -0.25) is 4.72 Å². The minimum Gasteiger partial charge on any atom is -0.263 e. The highest BCUT2D eigenvalue weighted by Crippen LogP contribution is 2.21. The molecule has 2 aromatic rings. The second-order valence-electron chi connectivity index (χ2n) is 3.73. The molecule has 0 aliphatic carbocycles. The summed E-state index contributed by atoms with van der Waals surface area (Å²) in [5.74, 6) is 0.305. The standard InChI is InChI=1S/C12H11BrN2O2S/c1-9-8-10(13)5-6-11(9)18(16,17)15-12-4-2-3-7-14-12/h2-8H,1H3,(H,14,15). The van der Waals surface area contributed by atoms with E-state index in [1.54, 1.807) is 43.3 Å². The topological polar surface area (TPSA) is 59.1 Å². The summed E-state index contributed by atoms with van der Waals surface area (Å²) in [5, 5.41) is 0. The monoisotopic (exact) mass is 326 g/mol. The van der Waals surface area contributed by atoms with E-state index in [1.807, 2.05) is 0 Å². The van der Waals surface area contributed by atoms with Crippen molar-refractivity contribution in [1.82, 2.24) is 4.98 Å². The van der Waals surface area contributed by atoms with Gasteiger partial charge in [-0.15, -0.1) is 0 Å². The van der Waals surface area contributed by atoms with Gasteiger partial charge in [0.1, 0.15) is 5.82 Å². The fourth-order valence-electron chi connectivity index (χ4n) is 1.53. The third kappa shape index (κ3) is 2.88. The molecule has 1 heterocycles. The van der Waals surface area contributed by atoms with E-state index in [4.69, 9.17) is 0 Å².